The lowest BCUT2D eigenvalue weighted by atomic mass is 10.5. The maximum absolute atomic E-state index is 12.2. The van der Waals surface area contributed by atoms with Crippen LogP contribution >= 0.6 is 0 Å². The molecule has 0 amide bonds. The molecule has 0 aromatic carbocycles. The van der Waals surface area contributed by atoms with Crippen LogP contribution in [0.4, 0.5) is 4.39 Å². The molecular formula is C6H7FN2O2. The third-order valence-electron chi connectivity index (χ3n) is 0.694. The number of hydrogen-bond donors (Lipinski definition) is 0. The Hall–Kier alpha value is -1.52. The second kappa shape index (κ2) is 5.28. The summed E-state index contributed by atoms with van der Waals surface area (Å²) < 4.78 is 12.2. The summed E-state index contributed by atoms with van der Waals surface area (Å²) in [6.07, 6.45) is 3.77. The molecule has 0 aliphatic rings. The van der Waals surface area contributed by atoms with Crippen LogP contribution in [0.25, 0.3) is 0 Å². The van der Waals surface area contributed by atoms with Gasteiger partial charge in [0.05, 0.1) is 4.92 Å². The number of nitro groups is 1. The molecule has 0 unspecified atom stereocenters. The first kappa shape index (κ1) is 9.48. The van der Waals surface area contributed by atoms with E-state index in [2.05, 4.69) is 4.99 Å². The molecule has 0 spiro atoms. The Morgan fingerprint density at radius 3 is 2.82 bits per heavy atom. The highest BCUT2D eigenvalue weighted by Crippen LogP contribution is 1.96. The third-order valence-corrected chi connectivity index (χ3v) is 0.694. The summed E-state index contributed by atoms with van der Waals surface area (Å²) in [5.74, 6) is -0.759. The van der Waals surface area contributed by atoms with Crippen LogP contribution in [0.5, 0.6) is 0 Å². The van der Waals surface area contributed by atoms with Crippen LogP contribution in [0.15, 0.2) is 29.3 Å². The molecule has 0 aromatic rings. The van der Waals surface area contributed by atoms with Crippen molar-refractivity contribution in [1.82, 2.24) is 0 Å². The minimum atomic E-state index is -0.759. The van der Waals surface area contributed by atoms with Gasteiger partial charge in [0.25, 0.3) is 0 Å². The number of halogens is 1. The molecule has 0 saturated carbocycles. The van der Waals surface area contributed by atoms with E-state index in [-0.39, 0.29) is 0 Å². The second-order valence-electron chi connectivity index (χ2n) is 1.50. The molecule has 0 aliphatic carbocycles. The van der Waals surface area contributed by atoms with E-state index in [1.54, 1.807) is 6.92 Å². The molecule has 0 rings (SSSR count). The van der Waals surface area contributed by atoms with Gasteiger partial charge in [-0.2, -0.15) is 4.39 Å². The van der Waals surface area contributed by atoms with Gasteiger partial charge in [-0.25, -0.2) is 4.99 Å². The van der Waals surface area contributed by atoms with Crippen LogP contribution in [0.3, 0.4) is 0 Å². The minimum absolute atomic E-state index is 0.630. The van der Waals surface area contributed by atoms with Crippen molar-refractivity contribution in [1.29, 1.82) is 0 Å². The molecule has 4 nitrogen and oxygen atoms in total. The van der Waals surface area contributed by atoms with Crippen LogP contribution in [0.2, 0.25) is 0 Å². The lowest BCUT2D eigenvalue weighted by molar-refractivity contribution is -0.402. The standard InChI is InChI=1S/C6H7FN2O2/c1-2-8-6(7)4-3-5-9(10)11/h2-5H,1H3/b5-3+,6-4-,8-2-. The predicted molar refractivity (Wildman–Crippen MR) is 39.5 cm³/mol. The molecule has 0 radical (unpaired) electrons. The number of allylic oxidation sites excluding steroid dienone is 2. The van der Waals surface area contributed by atoms with Gasteiger partial charge in [-0.1, -0.05) is 0 Å². The largest absolute Gasteiger partial charge is 0.259 e. The van der Waals surface area contributed by atoms with Crippen LogP contribution in [-0.2, 0) is 0 Å². The zero-order chi connectivity index (χ0) is 8.69. The Bertz CT molecular complexity index is 221. The number of hydrogen-bond acceptors (Lipinski definition) is 3. The molecule has 0 heterocycles. The van der Waals surface area contributed by atoms with E-state index in [1.807, 2.05) is 0 Å². The van der Waals surface area contributed by atoms with Crippen LogP contribution in [0, 0.1) is 10.1 Å². The first-order valence-corrected chi connectivity index (χ1v) is 2.83. The Morgan fingerprint density at radius 1 is 1.73 bits per heavy atom. The monoisotopic (exact) mass is 158 g/mol. The highest BCUT2D eigenvalue weighted by atomic mass is 19.1. The van der Waals surface area contributed by atoms with Crippen molar-refractivity contribution in [2.75, 3.05) is 0 Å². The number of nitrogens with zero attached hydrogens (tertiary/aromatic N) is 2. The van der Waals surface area contributed by atoms with Crippen LogP contribution in [0.1, 0.15) is 6.92 Å². The highest BCUT2D eigenvalue weighted by molar-refractivity contribution is 5.54. The second-order valence-corrected chi connectivity index (χ2v) is 1.50. The number of aliphatic imine (C=N–C) groups is 1. The van der Waals surface area contributed by atoms with E-state index >= 15 is 0 Å². The maximum atomic E-state index is 12.2. The molecule has 11 heavy (non-hydrogen) atoms. The third kappa shape index (κ3) is 6.36. The van der Waals surface area contributed by atoms with E-state index in [0.717, 1.165) is 12.2 Å². The summed E-state index contributed by atoms with van der Waals surface area (Å²) in [4.78, 5) is 12.2. The van der Waals surface area contributed by atoms with Gasteiger partial charge in [0.1, 0.15) is 0 Å². The minimum Gasteiger partial charge on any atom is -0.259 e. The van der Waals surface area contributed by atoms with Gasteiger partial charge >= 0.3 is 0 Å². The Balaban J connectivity index is 4.01. The molecule has 5 heteroatoms. The zero-order valence-electron chi connectivity index (χ0n) is 5.90. The van der Waals surface area contributed by atoms with Crippen molar-refractivity contribution in [3.63, 3.8) is 0 Å². The van der Waals surface area contributed by atoms with Crippen molar-refractivity contribution < 1.29 is 9.31 Å². The molecule has 60 valence electrons. The van der Waals surface area contributed by atoms with Crippen molar-refractivity contribution in [2.45, 2.75) is 6.92 Å². The SMILES string of the molecule is C\C=N/C(F)=C\C=C\[N+](=O)[O-]. The van der Waals surface area contributed by atoms with E-state index in [9.17, 15) is 14.5 Å². The Morgan fingerprint density at radius 2 is 2.36 bits per heavy atom. The van der Waals surface area contributed by atoms with Gasteiger partial charge in [-0.05, 0) is 13.0 Å². The first-order valence-electron chi connectivity index (χ1n) is 2.83. The van der Waals surface area contributed by atoms with Crippen molar-refractivity contribution in [2.24, 2.45) is 4.99 Å². The Labute approximate surface area is 62.9 Å². The molecule has 0 bridgehead atoms. The molecule has 0 saturated heterocycles. The maximum Gasteiger partial charge on any atom is 0.234 e. The average Bonchev–Trinajstić information content (AvgIpc) is 1.87. The molecule has 0 fully saturated rings. The van der Waals surface area contributed by atoms with Crippen LogP contribution in [-0.4, -0.2) is 11.1 Å². The normalized spacial score (nSPS) is 13.1. The van der Waals surface area contributed by atoms with Gasteiger partial charge in [0, 0.05) is 12.3 Å². The van der Waals surface area contributed by atoms with Gasteiger partial charge in [0.15, 0.2) is 0 Å². The topological polar surface area (TPSA) is 55.5 Å². The van der Waals surface area contributed by atoms with Crippen molar-refractivity contribution >= 4 is 6.21 Å². The number of rotatable bonds is 3. The molecule has 0 aromatic heterocycles. The van der Waals surface area contributed by atoms with Crippen LogP contribution < -0.4 is 0 Å². The molecule has 0 atom stereocenters. The quantitative estimate of drug-likeness (QED) is 0.206. The molecule has 0 N–H and O–H groups in total. The van der Waals surface area contributed by atoms with Gasteiger partial charge in [0.2, 0.25) is 12.2 Å². The fraction of sp³-hybridized carbons (Fsp3) is 0.167. The smallest absolute Gasteiger partial charge is 0.234 e. The van der Waals surface area contributed by atoms with Gasteiger partial charge < -0.3 is 0 Å². The summed E-state index contributed by atoms with van der Waals surface area (Å²) in [6.45, 7) is 1.55. The highest BCUT2D eigenvalue weighted by Gasteiger charge is 1.85. The van der Waals surface area contributed by atoms with Crippen molar-refractivity contribution in [3.8, 4) is 0 Å². The fourth-order valence-corrected chi connectivity index (χ4v) is 0.359. The summed E-state index contributed by atoms with van der Waals surface area (Å²) in [5.41, 5.74) is 0. The molecule has 0 aliphatic heterocycles. The van der Waals surface area contributed by atoms with Gasteiger partial charge in [-0.15, -0.1) is 0 Å². The lowest BCUT2D eigenvalue weighted by Crippen LogP contribution is -1.80. The van der Waals surface area contributed by atoms with E-state index in [4.69, 9.17) is 0 Å². The fourth-order valence-electron chi connectivity index (χ4n) is 0.359. The Kier molecular flexibility index (Phi) is 4.55. The average molecular weight is 158 g/mol. The summed E-state index contributed by atoms with van der Waals surface area (Å²) in [6, 6.07) is 0. The van der Waals surface area contributed by atoms with E-state index < -0.39 is 10.9 Å². The zero-order valence-corrected chi connectivity index (χ0v) is 5.90. The van der Waals surface area contributed by atoms with Crippen molar-refractivity contribution in [3.05, 3.63) is 34.4 Å². The predicted octanol–water partition coefficient (Wildman–Crippen LogP) is 1.68. The summed E-state index contributed by atoms with van der Waals surface area (Å²) >= 11 is 0. The lowest BCUT2D eigenvalue weighted by Gasteiger charge is -1.79. The van der Waals surface area contributed by atoms with E-state index in [1.165, 1.54) is 6.21 Å². The molecular weight excluding hydrogens is 151 g/mol. The summed E-state index contributed by atoms with van der Waals surface area (Å²) in [5, 5.41) is 9.67. The van der Waals surface area contributed by atoms with E-state index in [0.29, 0.717) is 6.20 Å². The first-order chi connectivity index (χ1) is 5.16. The summed E-state index contributed by atoms with van der Waals surface area (Å²) in [7, 11) is 0. The van der Waals surface area contributed by atoms with Gasteiger partial charge in [-0.3, -0.25) is 10.1 Å².